The van der Waals surface area contributed by atoms with E-state index >= 15 is 0 Å². The minimum Gasteiger partial charge on any atom is -0.382 e. The molecule has 1 saturated heterocycles. The normalized spacial score (nSPS) is 34.3. The van der Waals surface area contributed by atoms with Gasteiger partial charge in [0.25, 0.3) is 0 Å². The Balaban J connectivity index is 1.92. The molecule has 2 rings (SSSR count). The van der Waals surface area contributed by atoms with Crippen molar-refractivity contribution in [1.29, 1.82) is 0 Å². The molecule has 2 atom stereocenters. The summed E-state index contributed by atoms with van der Waals surface area (Å²) in [5.74, 6) is 1.37. The highest BCUT2D eigenvalue weighted by Crippen LogP contribution is 2.33. The van der Waals surface area contributed by atoms with E-state index in [1.54, 1.807) is 7.11 Å². The van der Waals surface area contributed by atoms with Gasteiger partial charge in [-0.2, -0.15) is 0 Å². The Morgan fingerprint density at radius 2 is 2.06 bits per heavy atom. The van der Waals surface area contributed by atoms with Crippen LogP contribution in [0.15, 0.2) is 0 Å². The van der Waals surface area contributed by atoms with Gasteiger partial charge in [-0.3, -0.25) is 0 Å². The number of morpholine rings is 1. The molecule has 1 aliphatic heterocycles. The average molecular weight is 255 g/mol. The van der Waals surface area contributed by atoms with Gasteiger partial charge in [0.05, 0.1) is 12.7 Å². The van der Waals surface area contributed by atoms with E-state index in [9.17, 15) is 0 Å². The first-order chi connectivity index (χ1) is 8.66. The van der Waals surface area contributed by atoms with E-state index in [-0.39, 0.29) is 5.60 Å². The molecule has 18 heavy (non-hydrogen) atoms. The predicted octanol–water partition coefficient (Wildman–Crippen LogP) is 2.60. The third-order valence-corrected chi connectivity index (χ3v) is 4.71. The fourth-order valence-corrected chi connectivity index (χ4v) is 3.45. The van der Waals surface area contributed by atoms with Gasteiger partial charge in [-0.1, -0.05) is 39.5 Å². The summed E-state index contributed by atoms with van der Waals surface area (Å²) in [5.41, 5.74) is -0.129. The molecule has 0 bridgehead atoms. The highest BCUT2D eigenvalue weighted by Gasteiger charge is 2.40. The zero-order chi connectivity index (χ0) is 13.0. The Labute approximate surface area is 112 Å². The van der Waals surface area contributed by atoms with E-state index in [0.29, 0.717) is 18.6 Å². The van der Waals surface area contributed by atoms with E-state index in [4.69, 9.17) is 9.47 Å². The summed E-state index contributed by atoms with van der Waals surface area (Å²) >= 11 is 0. The predicted molar refractivity (Wildman–Crippen MR) is 73.8 cm³/mol. The zero-order valence-electron chi connectivity index (χ0n) is 12.2. The third-order valence-electron chi connectivity index (χ3n) is 4.71. The van der Waals surface area contributed by atoms with Crippen molar-refractivity contribution in [3.8, 4) is 0 Å². The quantitative estimate of drug-likeness (QED) is 0.819. The maximum atomic E-state index is 6.45. The number of hydrogen-bond donors (Lipinski definition) is 1. The second kappa shape index (κ2) is 6.36. The van der Waals surface area contributed by atoms with Gasteiger partial charge in [-0.15, -0.1) is 0 Å². The van der Waals surface area contributed by atoms with Crippen LogP contribution >= 0.6 is 0 Å². The number of rotatable bonds is 5. The molecule has 2 fully saturated rings. The molecule has 1 N–H and O–H groups in total. The Morgan fingerprint density at radius 1 is 1.33 bits per heavy atom. The molecule has 0 aromatic heterocycles. The lowest BCUT2D eigenvalue weighted by molar-refractivity contribution is -0.171. The molecule has 1 aliphatic carbocycles. The number of ether oxygens (including phenoxy) is 2. The molecule has 2 aliphatic rings. The van der Waals surface area contributed by atoms with Crippen molar-refractivity contribution < 1.29 is 9.47 Å². The minimum atomic E-state index is -0.129. The number of methoxy groups -OCH3 is 1. The molecular weight excluding hydrogens is 226 g/mol. The first-order valence-corrected chi connectivity index (χ1v) is 7.54. The van der Waals surface area contributed by atoms with Crippen LogP contribution in [0.2, 0.25) is 0 Å². The van der Waals surface area contributed by atoms with Gasteiger partial charge in [0, 0.05) is 20.2 Å². The fraction of sp³-hybridized carbons (Fsp3) is 1.00. The van der Waals surface area contributed by atoms with Crippen LogP contribution < -0.4 is 5.32 Å². The largest absolute Gasteiger partial charge is 0.382 e. The topological polar surface area (TPSA) is 30.5 Å². The van der Waals surface area contributed by atoms with Gasteiger partial charge in [-0.05, 0) is 18.3 Å². The van der Waals surface area contributed by atoms with Crippen LogP contribution in [0.5, 0.6) is 0 Å². The van der Waals surface area contributed by atoms with E-state index < -0.39 is 0 Å². The van der Waals surface area contributed by atoms with E-state index in [1.807, 2.05) is 0 Å². The molecule has 0 spiro atoms. The Bertz CT molecular complexity index is 247. The highest BCUT2D eigenvalue weighted by atomic mass is 16.5. The standard InChI is InChI=1S/C15H29NO2/c1-12(2)15(11-17-3)10-16-9-14(18-15)8-13-6-4-5-7-13/h12-14,16H,4-11H2,1-3H3. The van der Waals surface area contributed by atoms with Crippen molar-refractivity contribution in [3.05, 3.63) is 0 Å². The first kappa shape index (κ1) is 14.3. The molecule has 3 heteroatoms. The van der Waals surface area contributed by atoms with Gasteiger partial charge in [0.15, 0.2) is 0 Å². The summed E-state index contributed by atoms with van der Waals surface area (Å²) in [5, 5.41) is 3.56. The van der Waals surface area contributed by atoms with E-state index in [2.05, 4.69) is 19.2 Å². The van der Waals surface area contributed by atoms with Crippen molar-refractivity contribution >= 4 is 0 Å². The van der Waals surface area contributed by atoms with Crippen molar-refractivity contribution in [2.75, 3.05) is 26.8 Å². The van der Waals surface area contributed by atoms with Gasteiger partial charge >= 0.3 is 0 Å². The minimum absolute atomic E-state index is 0.129. The van der Waals surface area contributed by atoms with Crippen molar-refractivity contribution in [3.63, 3.8) is 0 Å². The van der Waals surface area contributed by atoms with Crippen LogP contribution in [0.3, 0.4) is 0 Å². The molecule has 1 saturated carbocycles. The molecule has 0 radical (unpaired) electrons. The lowest BCUT2D eigenvalue weighted by Gasteiger charge is -2.44. The third kappa shape index (κ3) is 3.25. The second-order valence-corrected chi connectivity index (χ2v) is 6.41. The molecule has 0 aromatic rings. The monoisotopic (exact) mass is 255 g/mol. The van der Waals surface area contributed by atoms with Gasteiger partial charge < -0.3 is 14.8 Å². The molecule has 1 heterocycles. The van der Waals surface area contributed by atoms with Crippen LogP contribution in [0, 0.1) is 11.8 Å². The summed E-state index contributed by atoms with van der Waals surface area (Å²) in [4.78, 5) is 0. The Hall–Kier alpha value is -0.120. The van der Waals surface area contributed by atoms with Crippen LogP contribution in [0.1, 0.15) is 46.0 Å². The fourth-order valence-electron chi connectivity index (χ4n) is 3.45. The van der Waals surface area contributed by atoms with Crippen LogP contribution in [-0.2, 0) is 9.47 Å². The maximum Gasteiger partial charge on any atom is 0.106 e. The van der Waals surface area contributed by atoms with E-state index in [1.165, 1.54) is 32.1 Å². The molecule has 3 nitrogen and oxygen atoms in total. The van der Waals surface area contributed by atoms with Gasteiger partial charge in [-0.25, -0.2) is 0 Å². The summed E-state index contributed by atoms with van der Waals surface area (Å²) in [6, 6.07) is 0. The molecule has 0 aromatic carbocycles. The second-order valence-electron chi connectivity index (χ2n) is 6.41. The van der Waals surface area contributed by atoms with Crippen molar-refractivity contribution in [2.24, 2.45) is 11.8 Å². The lowest BCUT2D eigenvalue weighted by atomic mass is 9.88. The maximum absolute atomic E-state index is 6.45. The van der Waals surface area contributed by atoms with Crippen LogP contribution in [0.25, 0.3) is 0 Å². The SMILES string of the molecule is COCC1(C(C)C)CNCC(CC2CCCC2)O1. The molecule has 2 unspecified atom stereocenters. The Kier molecular flexibility index (Phi) is 5.05. The Morgan fingerprint density at radius 3 is 2.67 bits per heavy atom. The number of hydrogen-bond acceptors (Lipinski definition) is 3. The molecular formula is C15H29NO2. The summed E-state index contributed by atoms with van der Waals surface area (Å²) in [7, 11) is 1.77. The summed E-state index contributed by atoms with van der Waals surface area (Å²) in [6.07, 6.45) is 7.23. The van der Waals surface area contributed by atoms with Crippen molar-refractivity contribution in [2.45, 2.75) is 57.7 Å². The van der Waals surface area contributed by atoms with E-state index in [0.717, 1.165) is 19.0 Å². The van der Waals surface area contributed by atoms with Crippen molar-refractivity contribution in [1.82, 2.24) is 5.32 Å². The van der Waals surface area contributed by atoms with Crippen LogP contribution in [-0.4, -0.2) is 38.5 Å². The summed E-state index contributed by atoms with van der Waals surface area (Å²) in [6.45, 7) is 7.09. The lowest BCUT2D eigenvalue weighted by Crippen LogP contribution is -2.59. The van der Waals surface area contributed by atoms with Gasteiger partial charge in [0.1, 0.15) is 5.60 Å². The van der Waals surface area contributed by atoms with Crippen LogP contribution in [0.4, 0.5) is 0 Å². The zero-order valence-corrected chi connectivity index (χ0v) is 12.2. The average Bonchev–Trinajstić information content (AvgIpc) is 2.82. The number of nitrogens with one attached hydrogen (secondary N) is 1. The molecule has 0 amide bonds. The molecule has 106 valence electrons. The first-order valence-electron chi connectivity index (χ1n) is 7.54. The smallest absolute Gasteiger partial charge is 0.106 e. The van der Waals surface area contributed by atoms with Gasteiger partial charge in [0.2, 0.25) is 0 Å². The summed E-state index contributed by atoms with van der Waals surface area (Å²) < 4.78 is 11.8. The highest BCUT2D eigenvalue weighted by molar-refractivity contribution is 4.92.